The number of hydrogen-bond acceptors (Lipinski definition) is 6. The minimum Gasteiger partial charge on any atom is -0.462 e. The van der Waals surface area contributed by atoms with E-state index in [2.05, 4.69) is 15.9 Å². The molecule has 32 heavy (non-hydrogen) atoms. The largest absolute Gasteiger partial charge is 0.462 e. The van der Waals surface area contributed by atoms with Crippen molar-refractivity contribution in [3.63, 3.8) is 0 Å². The number of thiocarbonyl (C=S) groups is 1. The quantitative estimate of drug-likeness (QED) is 0.195. The van der Waals surface area contributed by atoms with Gasteiger partial charge in [0.2, 0.25) is 0 Å². The molecule has 0 bridgehead atoms. The first-order valence-corrected chi connectivity index (χ1v) is 11.9. The van der Waals surface area contributed by atoms with Gasteiger partial charge in [-0.2, -0.15) is 0 Å². The SMILES string of the molecule is CCOC(=O)c1cc(-c2ccc(/C=C3/SC(=S)N(c4ccc(Br)cc4)C3=O)o2)ccc1Cl. The summed E-state index contributed by atoms with van der Waals surface area (Å²) in [5, 5.41) is 0.301. The van der Waals surface area contributed by atoms with Crippen molar-refractivity contribution in [2.45, 2.75) is 6.92 Å². The molecule has 162 valence electrons. The summed E-state index contributed by atoms with van der Waals surface area (Å²) in [5.41, 5.74) is 1.63. The van der Waals surface area contributed by atoms with Crippen LogP contribution in [0.5, 0.6) is 0 Å². The molecule has 3 aromatic rings. The lowest BCUT2D eigenvalue weighted by Gasteiger charge is -2.14. The molecule has 0 aliphatic carbocycles. The Hall–Kier alpha value is -2.39. The van der Waals surface area contributed by atoms with Crippen LogP contribution in [-0.4, -0.2) is 22.8 Å². The number of thioether (sulfide) groups is 1. The van der Waals surface area contributed by atoms with Crippen molar-refractivity contribution in [3.05, 3.63) is 80.3 Å². The van der Waals surface area contributed by atoms with Gasteiger partial charge in [0.25, 0.3) is 5.91 Å². The molecule has 0 radical (unpaired) electrons. The van der Waals surface area contributed by atoms with Crippen LogP contribution in [0.4, 0.5) is 5.69 Å². The number of amides is 1. The molecule has 0 unspecified atom stereocenters. The molecule has 0 atom stereocenters. The van der Waals surface area contributed by atoms with Gasteiger partial charge in [-0.05, 0) is 61.5 Å². The van der Waals surface area contributed by atoms with Crippen LogP contribution in [0.25, 0.3) is 17.4 Å². The Balaban J connectivity index is 1.59. The number of nitrogens with zero attached hydrogens (tertiary/aromatic N) is 1. The zero-order chi connectivity index (χ0) is 22.8. The molecule has 0 spiro atoms. The highest BCUT2D eigenvalue weighted by Crippen LogP contribution is 2.37. The number of anilines is 1. The molecule has 1 aromatic heterocycles. The smallest absolute Gasteiger partial charge is 0.339 e. The van der Waals surface area contributed by atoms with Gasteiger partial charge in [-0.3, -0.25) is 9.69 Å². The second kappa shape index (κ2) is 9.62. The molecule has 1 amide bonds. The van der Waals surface area contributed by atoms with Crippen LogP contribution in [0, 0.1) is 0 Å². The molecule has 2 heterocycles. The fourth-order valence-electron chi connectivity index (χ4n) is 3.04. The Labute approximate surface area is 207 Å². The van der Waals surface area contributed by atoms with Crippen molar-refractivity contribution in [2.75, 3.05) is 11.5 Å². The van der Waals surface area contributed by atoms with Crippen LogP contribution in [0.1, 0.15) is 23.0 Å². The maximum atomic E-state index is 12.9. The van der Waals surface area contributed by atoms with Crippen molar-refractivity contribution >= 4 is 79.5 Å². The summed E-state index contributed by atoms with van der Waals surface area (Å²) in [6.45, 7) is 1.98. The van der Waals surface area contributed by atoms with Crippen molar-refractivity contribution in [1.29, 1.82) is 0 Å². The number of carbonyl (C=O) groups excluding carboxylic acids is 2. The number of benzene rings is 2. The third-order valence-corrected chi connectivity index (χ3v) is 6.69. The predicted molar refractivity (Wildman–Crippen MR) is 135 cm³/mol. The first-order chi connectivity index (χ1) is 15.4. The lowest BCUT2D eigenvalue weighted by atomic mass is 10.1. The van der Waals surface area contributed by atoms with Gasteiger partial charge in [-0.15, -0.1) is 0 Å². The average Bonchev–Trinajstić information content (AvgIpc) is 3.34. The molecule has 2 aromatic carbocycles. The first-order valence-electron chi connectivity index (χ1n) is 9.47. The molecular weight excluding hydrogens is 534 g/mol. The van der Waals surface area contributed by atoms with Gasteiger partial charge >= 0.3 is 5.97 Å². The number of furan rings is 1. The van der Waals surface area contributed by atoms with Gasteiger partial charge in [-0.1, -0.05) is 51.5 Å². The van der Waals surface area contributed by atoms with Crippen molar-refractivity contribution in [3.8, 4) is 11.3 Å². The summed E-state index contributed by atoms with van der Waals surface area (Å²) in [6.07, 6.45) is 1.66. The predicted octanol–water partition coefficient (Wildman–Crippen LogP) is 6.95. The van der Waals surface area contributed by atoms with E-state index in [-0.39, 0.29) is 18.1 Å². The van der Waals surface area contributed by atoms with Crippen molar-refractivity contribution in [1.82, 2.24) is 0 Å². The summed E-state index contributed by atoms with van der Waals surface area (Å²) >= 11 is 16.1. The number of hydrogen-bond donors (Lipinski definition) is 0. The molecule has 1 aliphatic rings. The number of ether oxygens (including phenoxy) is 1. The second-order valence-electron chi connectivity index (χ2n) is 6.61. The summed E-state index contributed by atoms with van der Waals surface area (Å²) in [6, 6.07) is 15.9. The summed E-state index contributed by atoms with van der Waals surface area (Å²) < 4.78 is 12.3. The van der Waals surface area contributed by atoms with Gasteiger partial charge in [0, 0.05) is 16.1 Å². The Kier molecular flexibility index (Phi) is 6.85. The molecular formula is C23H15BrClNO4S2. The average molecular weight is 549 g/mol. The topological polar surface area (TPSA) is 59.8 Å². The van der Waals surface area contributed by atoms with Crippen LogP contribution in [0.2, 0.25) is 5.02 Å². The highest BCUT2D eigenvalue weighted by molar-refractivity contribution is 9.10. The van der Waals surface area contributed by atoms with Crippen LogP contribution in [-0.2, 0) is 9.53 Å². The number of carbonyl (C=O) groups is 2. The Morgan fingerprint density at radius 1 is 1.22 bits per heavy atom. The first kappa shape index (κ1) is 22.8. The molecule has 1 aliphatic heterocycles. The lowest BCUT2D eigenvalue weighted by molar-refractivity contribution is -0.113. The van der Waals surface area contributed by atoms with E-state index >= 15 is 0 Å². The molecule has 1 fully saturated rings. The number of halogens is 2. The van der Waals surface area contributed by atoms with E-state index in [1.807, 2.05) is 24.3 Å². The van der Waals surface area contributed by atoms with E-state index in [0.29, 0.717) is 37.0 Å². The van der Waals surface area contributed by atoms with Gasteiger partial charge in [-0.25, -0.2) is 4.79 Å². The highest BCUT2D eigenvalue weighted by Gasteiger charge is 2.33. The van der Waals surface area contributed by atoms with E-state index in [9.17, 15) is 9.59 Å². The highest BCUT2D eigenvalue weighted by atomic mass is 79.9. The summed E-state index contributed by atoms with van der Waals surface area (Å²) in [7, 11) is 0. The fraction of sp³-hybridized carbons (Fsp3) is 0.0870. The zero-order valence-electron chi connectivity index (χ0n) is 16.6. The van der Waals surface area contributed by atoms with E-state index in [1.54, 1.807) is 43.3 Å². The maximum Gasteiger partial charge on any atom is 0.339 e. The Morgan fingerprint density at radius 3 is 2.69 bits per heavy atom. The Morgan fingerprint density at radius 2 is 1.97 bits per heavy atom. The molecule has 0 N–H and O–H groups in total. The van der Waals surface area contributed by atoms with Crippen LogP contribution in [0.15, 0.2) is 68.4 Å². The van der Waals surface area contributed by atoms with Gasteiger partial charge in [0.15, 0.2) is 4.32 Å². The lowest BCUT2D eigenvalue weighted by Crippen LogP contribution is -2.27. The van der Waals surface area contributed by atoms with E-state index < -0.39 is 5.97 Å². The molecule has 1 saturated heterocycles. The minimum absolute atomic E-state index is 0.212. The molecule has 9 heteroatoms. The summed E-state index contributed by atoms with van der Waals surface area (Å²) in [5.74, 6) is 0.310. The third kappa shape index (κ3) is 4.68. The standard InChI is InChI=1S/C23H15BrClNO4S2/c1-2-29-22(28)17-11-13(3-9-18(17)25)19-10-8-16(30-19)12-20-21(27)26(23(31)32-20)15-6-4-14(24)5-7-15/h3-12H,2H2,1H3/b20-12+. The Bertz CT molecular complexity index is 1250. The zero-order valence-corrected chi connectivity index (χ0v) is 20.6. The monoisotopic (exact) mass is 547 g/mol. The van der Waals surface area contributed by atoms with Crippen LogP contribution >= 0.6 is 51.5 Å². The van der Waals surface area contributed by atoms with Gasteiger partial charge in [0.05, 0.1) is 27.8 Å². The van der Waals surface area contributed by atoms with Gasteiger partial charge < -0.3 is 9.15 Å². The third-order valence-electron chi connectivity index (χ3n) is 4.52. The molecule has 0 saturated carbocycles. The normalized spacial score (nSPS) is 15.0. The fourth-order valence-corrected chi connectivity index (χ4v) is 4.78. The minimum atomic E-state index is -0.497. The maximum absolute atomic E-state index is 12.9. The van der Waals surface area contributed by atoms with Crippen LogP contribution in [0.3, 0.4) is 0 Å². The van der Waals surface area contributed by atoms with Crippen LogP contribution < -0.4 is 4.90 Å². The second-order valence-corrected chi connectivity index (χ2v) is 9.61. The van der Waals surface area contributed by atoms with E-state index in [1.165, 1.54) is 16.7 Å². The van der Waals surface area contributed by atoms with E-state index in [0.717, 1.165) is 4.47 Å². The van der Waals surface area contributed by atoms with E-state index in [4.69, 9.17) is 33.0 Å². The molecule has 4 rings (SSSR count). The summed E-state index contributed by atoms with van der Waals surface area (Å²) in [4.78, 5) is 27.0. The van der Waals surface area contributed by atoms with Crippen molar-refractivity contribution < 1.29 is 18.7 Å². The van der Waals surface area contributed by atoms with Crippen molar-refractivity contribution in [2.24, 2.45) is 0 Å². The van der Waals surface area contributed by atoms with Gasteiger partial charge in [0.1, 0.15) is 11.5 Å². The molecule has 5 nitrogen and oxygen atoms in total. The number of esters is 1. The number of rotatable bonds is 5.